The second-order valence-electron chi connectivity index (χ2n) is 9.26. The third kappa shape index (κ3) is 3.80. The van der Waals surface area contributed by atoms with E-state index < -0.39 is 0 Å². The number of fused-ring (bicyclic) bond motifs is 1. The van der Waals surface area contributed by atoms with Crippen LogP contribution in [0.1, 0.15) is 44.9 Å². The zero-order valence-corrected chi connectivity index (χ0v) is 16.6. The van der Waals surface area contributed by atoms with Gasteiger partial charge in [0.15, 0.2) is 0 Å². The van der Waals surface area contributed by atoms with E-state index in [2.05, 4.69) is 20.9 Å². The molecule has 4 aliphatic rings. The zero-order valence-electron chi connectivity index (χ0n) is 16.6. The topological polar surface area (TPSA) is 83.1 Å². The average molecular weight is 393 g/mol. The summed E-state index contributed by atoms with van der Waals surface area (Å²) >= 11 is 0. The standard InChI is InChI=1S/C23H28N4O2/c28-20(26-19-5-1-3-18-4-2-7-24-21(18)19)6-8-25-22(29)27-23-12-15-9-16(13-23)11-17(10-15)14-23/h1-5,7,15-17H,6,8-14H2,(H,26,28)(H2,25,27,29). The van der Waals surface area contributed by atoms with Crippen LogP contribution in [0.25, 0.3) is 10.9 Å². The molecule has 2 aromatic rings. The molecule has 3 amide bonds. The van der Waals surface area contributed by atoms with Gasteiger partial charge in [0.05, 0.1) is 11.2 Å². The zero-order chi connectivity index (χ0) is 19.8. The van der Waals surface area contributed by atoms with E-state index >= 15 is 0 Å². The predicted octanol–water partition coefficient (Wildman–Crippen LogP) is 3.83. The van der Waals surface area contributed by atoms with Gasteiger partial charge in [-0.05, 0) is 68.4 Å². The number of pyridine rings is 1. The Morgan fingerprint density at radius 3 is 2.41 bits per heavy atom. The molecule has 6 rings (SSSR count). The molecule has 3 N–H and O–H groups in total. The summed E-state index contributed by atoms with van der Waals surface area (Å²) in [7, 11) is 0. The molecule has 152 valence electrons. The molecule has 1 aromatic heterocycles. The summed E-state index contributed by atoms with van der Waals surface area (Å²) in [5.41, 5.74) is 1.47. The van der Waals surface area contributed by atoms with Gasteiger partial charge in [-0.3, -0.25) is 9.78 Å². The van der Waals surface area contributed by atoms with Crippen LogP contribution in [0.3, 0.4) is 0 Å². The molecule has 0 unspecified atom stereocenters. The van der Waals surface area contributed by atoms with E-state index in [0.717, 1.165) is 47.9 Å². The second-order valence-corrected chi connectivity index (χ2v) is 9.26. The summed E-state index contributed by atoms with van der Waals surface area (Å²) in [5, 5.41) is 10.1. The molecular formula is C23H28N4O2. The van der Waals surface area contributed by atoms with Crippen LogP contribution in [-0.4, -0.2) is 29.0 Å². The van der Waals surface area contributed by atoms with Gasteiger partial charge < -0.3 is 16.0 Å². The van der Waals surface area contributed by atoms with Gasteiger partial charge in [0.25, 0.3) is 0 Å². The highest BCUT2D eigenvalue weighted by molar-refractivity contribution is 6.00. The van der Waals surface area contributed by atoms with Crippen molar-refractivity contribution in [3.63, 3.8) is 0 Å². The number of para-hydroxylation sites is 1. The highest BCUT2D eigenvalue weighted by atomic mass is 16.2. The maximum Gasteiger partial charge on any atom is 0.315 e. The first kappa shape index (κ1) is 18.4. The fraction of sp³-hybridized carbons (Fsp3) is 0.522. The van der Waals surface area contributed by atoms with Crippen molar-refractivity contribution in [2.45, 2.75) is 50.5 Å². The Kier molecular flexibility index (Phi) is 4.64. The van der Waals surface area contributed by atoms with Crippen molar-refractivity contribution in [1.29, 1.82) is 0 Å². The normalized spacial score (nSPS) is 29.6. The molecule has 0 spiro atoms. The minimum absolute atomic E-state index is 0.00425. The lowest BCUT2D eigenvalue weighted by atomic mass is 9.53. The van der Waals surface area contributed by atoms with Crippen molar-refractivity contribution in [2.75, 3.05) is 11.9 Å². The average Bonchev–Trinajstić information content (AvgIpc) is 2.67. The number of nitrogens with zero attached hydrogens (tertiary/aromatic N) is 1. The van der Waals surface area contributed by atoms with Crippen LogP contribution >= 0.6 is 0 Å². The lowest BCUT2D eigenvalue weighted by Gasteiger charge is -2.56. The molecule has 6 nitrogen and oxygen atoms in total. The number of hydrogen-bond acceptors (Lipinski definition) is 3. The lowest BCUT2D eigenvalue weighted by Crippen LogP contribution is -2.61. The number of urea groups is 1. The summed E-state index contributed by atoms with van der Waals surface area (Å²) in [4.78, 5) is 29.2. The number of carbonyl (C=O) groups excluding carboxylic acids is 2. The van der Waals surface area contributed by atoms with Crippen LogP contribution in [0.2, 0.25) is 0 Å². The highest BCUT2D eigenvalue weighted by Crippen LogP contribution is 2.55. The molecule has 1 aromatic carbocycles. The lowest BCUT2D eigenvalue weighted by molar-refractivity contribution is -0.116. The number of amides is 3. The molecule has 4 bridgehead atoms. The van der Waals surface area contributed by atoms with Gasteiger partial charge in [0, 0.05) is 30.1 Å². The van der Waals surface area contributed by atoms with Gasteiger partial charge in [0.1, 0.15) is 0 Å². The van der Waals surface area contributed by atoms with E-state index in [4.69, 9.17) is 0 Å². The molecule has 4 saturated carbocycles. The summed E-state index contributed by atoms with van der Waals surface area (Å²) in [6.45, 7) is 0.322. The number of benzene rings is 1. The molecule has 0 radical (unpaired) electrons. The Morgan fingerprint density at radius 1 is 1.00 bits per heavy atom. The SMILES string of the molecule is O=C(CCNC(=O)NC12CC3CC(CC(C3)C1)C2)Nc1cccc2cccnc12. The molecule has 4 fully saturated rings. The Morgan fingerprint density at radius 2 is 1.69 bits per heavy atom. The fourth-order valence-electron chi connectivity index (χ4n) is 6.26. The minimum Gasteiger partial charge on any atom is -0.338 e. The number of nitrogens with one attached hydrogen (secondary N) is 3. The molecule has 0 aliphatic heterocycles. The van der Waals surface area contributed by atoms with Crippen LogP contribution in [0, 0.1) is 17.8 Å². The van der Waals surface area contributed by atoms with Crippen LogP contribution in [0.5, 0.6) is 0 Å². The van der Waals surface area contributed by atoms with E-state index in [0.29, 0.717) is 12.2 Å². The number of rotatable bonds is 5. The van der Waals surface area contributed by atoms with E-state index in [-0.39, 0.29) is 23.9 Å². The minimum atomic E-state index is -0.133. The van der Waals surface area contributed by atoms with E-state index in [1.807, 2.05) is 30.3 Å². The number of hydrogen-bond donors (Lipinski definition) is 3. The Balaban J connectivity index is 1.12. The molecule has 0 saturated heterocycles. The number of aromatic nitrogens is 1. The molecule has 1 heterocycles. The first-order valence-corrected chi connectivity index (χ1v) is 10.8. The Labute approximate surface area is 170 Å². The predicted molar refractivity (Wildman–Crippen MR) is 112 cm³/mol. The number of anilines is 1. The van der Waals surface area contributed by atoms with E-state index in [9.17, 15) is 9.59 Å². The molecule has 29 heavy (non-hydrogen) atoms. The van der Waals surface area contributed by atoms with Crippen molar-refractivity contribution < 1.29 is 9.59 Å². The van der Waals surface area contributed by atoms with Gasteiger partial charge in [-0.25, -0.2) is 4.79 Å². The smallest absolute Gasteiger partial charge is 0.315 e. The van der Waals surface area contributed by atoms with Crippen molar-refractivity contribution in [3.05, 3.63) is 36.5 Å². The largest absolute Gasteiger partial charge is 0.338 e. The van der Waals surface area contributed by atoms with E-state index in [1.54, 1.807) is 6.20 Å². The van der Waals surface area contributed by atoms with E-state index in [1.165, 1.54) is 19.3 Å². The number of carbonyl (C=O) groups is 2. The van der Waals surface area contributed by atoms with Gasteiger partial charge >= 0.3 is 6.03 Å². The van der Waals surface area contributed by atoms with Crippen LogP contribution < -0.4 is 16.0 Å². The van der Waals surface area contributed by atoms with Crippen molar-refractivity contribution in [1.82, 2.24) is 15.6 Å². The summed E-state index contributed by atoms with van der Waals surface area (Å²) < 4.78 is 0. The van der Waals surface area contributed by atoms with Crippen LogP contribution in [0.15, 0.2) is 36.5 Å². The summed E-state index contributed by atoms with van der Waals surface area (Å²) in [5.74, 6) is 2.25. The van der Waals surface area contributed by atoms with Gasteiger partial charge in [-0.2, -0.15) is 0 Å². The molecule has 6 heteroatoms. The monoisotopic (exact) mass is 392 g/mol. The Bertz CT molecular complexity index is 901. The first-order chi connectivity index (χ1) is 14.1. The van der Waals surface area contributed by atoms with Gasteiger partial charge in [0.2, 0.25) is 5.91 Å². The van der Waals surface area contributed by atoms with Crippen molar-refractivity contribution >= 4 is 28.5 Å². The third-order valence-corrected chi connectivity index (χ3v) is 6.96. The molecular weight excluding hydrogens is 364 g/mol. The van der Waals surface area contributed by atoms with Crippen LogP contribution in [0.4, 0.5) is 10.5 Å². The highest BCUT2D eigenvalue weighted by Gasteiger charge is 2.51. The molecule has 4 aliphatic carbocycles. The van der Waals surface area contributed by atoms with Gasteiger partial charge in [-0.1, -0.05) is 18.2 Å². The summed E-state index contributed by atoms with van der Waals surface area (Å²) in [6.07, 6.45) is 9.39. The third-order valence-electron chi connectivity index (χ3n) is 6.96. The van der Waals surface area contributed by atoms with Crippen molar-refractivity contribution in [3.8, 4) is 0 Å². The van der Waals surface area contributed by atoms with Crippen molar-refractivity contribution in [2.24, 2.45) is 17.8 Å². The maximum atomic E-state index is 12.5. The quantitative estimate of drug-likeness (QED) is 0.723. The second kappa shape index (κ2) is 7.32. The fourth-order valence-corrected chi connectivity index (χ4v) is 6.26. The molecule has 0 atom stereocenters. The maximum absolute atomic E-state index is 12.5. The Hall–Kier alpha value is -2.63. The first-order valence-electron chi connectivity index (χ1n) is 10.8. The summed E-state index contributed by atoms with van der Waals surface area (Å²) in [6, 6.07) is 9.42. The van der Waals surface area contributed by atoms with Gasteiger partial charge in [-0.15, -0.1) is 0 Å². The van der Waals surface area contributed by atoms with Crippen LogP contribution in [-0.2, 0) is 4.79 Å².